The number of rotatable bonds is 2. The van der Waals surface area contributed by atoms with Crippen molar-refractivity contribution in [3.8, 4) is 0 Å². The van der Waals surface area contributed by atoms with Gasteiger partial charge in [0.05, 0.1) is 5.57 Å². The number of ether oxygens (including phenoxy) is 1. The van der Waals surface area contributed by atoms with Crippen molar-refractivity contribution in [3.63, 3.8) is 0 Å². The second-order valence-corrected chi connectivity index (χ2v) is 7.19. The first-order chi connectivity index (χ1) is 12.4. The SMILES string of the molecule is CC1(C)O/C(=C2/C(=O)Nc3ccc(F)cc32)CC1c1ccc(C=O)cc1. The van der Waals surface area contributed by atoms with Gasteiger partial charge in [0.25, 0.3) is 5.91 Å². The number of carbonyl (C=O) groups is 2. The summed E-state index contributed by atoms with van der Waals surface area (Å²) in [5.41, 5.74) is 2.66. The zero-order valence-corrected chi connectivity index (χ0v) is 14.5. The largest absolute Gasteiger partial charge is 0.491 e. The number of amides is 1. The van der Waals surface area contributed by atoms with Gasteiger partial charge in [-0.05, 0) is 37.6 Å². The number of benzene rings is 2. The number of halogens is 1. The van der Waals surface area contributed by atoms with Crippen molar-refractivity contribution in [3.05, 3.63) is 70.7 Å². The predicted octanol–water partition coefficient (Wildman–Crippen LogP) is 4.28. The van der Waals surface area contributed by atoms with Crippen molar-refractivity contribution in [1.82, 2.24) is 0 Å². The maximum atomic E-state index is 13.7. The van der Waals surface area contributed by atoms with E-state index in [1.807, 2.05) is 26.0 Å². The lowest BCUT2D eigenvalue weighted by atomic mass is 9.83. The second-order valence-electron chi connectivity index (χ2n) is 7.19. The van der Waals surface area contributed by atoms with Crippen molar-refractivity contribution >= 4 is 23.5 Å². The minimum Gasteiger partial charge on any atom is -0.491 e. The fourth-order valence-electron chi connectivity index (χ4n) is 3.76. The first-order valence-corrected chi connectivity index (χ1v) is 8.47. The van der Waals surface area contributed by atoms with Crippen molar-refractivity contribution in [2.75, 3.05) is 5.32 Å². The van der Waals surface area contributed by atoms with Gasteiger partial charge in [0.1, 0.15) is 23.5 Å². The minimum atomic E-state index is -0.526. The summed E-state index contributed by atoms with van der Waals surface area (Å²) in [7, 11) is 0. The van der Waals surface area contributed by atoms with Gasteiger partial charge in [0.2, 0.25) is 0 Å². The summed E-state index contributed by atoms with van der Waals surface area (Å²) < 4.78 is 19.8. The molecule has 0 radical (unpaired) electrons. The van der Waals surface area contributed by atoms with Crippen LogP contribution in [0.4, 0.5) is 10.1 Å². The molecule has 2 aromatic carbocycles. The normalized spacial score (nSPS) is 23.3. The molecule has 2 aliphatic rings. The number of aldehydes is 1. The number of carbonyl (C=O) groups excluding carboxylic acids is 2. The molecule has 0 bridgehead atoms. The van der Waals surface area contributed by atoms with E-state index in [2.05, 4.69) is 5.32 Å². The summed E-state index contributed by atoms with van der Waals surface area (Å²) >= 11 is 0. The van der Waals surface area contributed by atoms with Crippen LogP contribution >= 0.6 is 0 Å². The van der Waals surface area contributed by atoms with Crippen LogP contribution < -0.4 is 5.32 Å². The van der Waals surface area contributed by atoms with Gasteiger partial charge >= 0.3 is 0 Å². The lowest BCUT2D eigenvalue weighted by Gasteiger charge is -2.26. The molecule has 0 aliphatic carbocycles. The molecule has 4 nitrogen and oxygen atoms in total. The first-order valence-electron chi connectivity index (χ1n) is 8.47. The highest BCUT2D eigenvalue weighted by Gasteiger charge is 2.43. The first kappa shape index (κ1) is 16.5. The summed E-state index contributed by atoms with van der Waals surface area (Å²) in [6.07, 6.45) is 1.34. The van der Waals surface area contributed by atoms with E-state index in [0.717, 1.165) is 11.8 Å². The third kappa shape index (κ3) is 2.60. The summed E-state index contributed by atoms with van der Waals surface area (Å²) in [5.74, 6) is -0.0672. The van der Waals surface area contributed by atoms with Gasteiger partial charge < -0.3 is 10.1 Å². The molecule has 132 valence electrons. The Hall–Kier alpha value is -2.95. The number of fused-ring (bicyclic) bond motifs is 1. The van der Waals surface area contributed by atoms with Crippen molar-refractivity contribution in [1.29, 1.82) is 0 Å². The number of anilines is 1. The van der Waals surface area contributed by atoms with Crippen LogP contribution in [0.25, 0.3) is 5.57 Å². The van der Waals surface area contributed by atoms with Crippen LogP contribution in [-0.4, -0.2) is 17.8 Å². The van der Waals surface area contributed by atoms with E-state index in [-0.39, 0.29) is 11.8 Å². The third-order valence-electron chi connectivity index (χ3n) is 5.09. The van der Waals surface area contributed by atoms with Gasteiger partial charge in [-0.15, -0.1) is 0 Å². The van der Waals surface area contributed by atoms with E-state index in [9.17, 15) is 14.0 Å². The Kier molecular flexibility index (Phi) is 3.68. The van der Waals surface area contributed by atoms with Crippen LogP contribution in [0.1, 0.15) is 47.7 Å². The lowest BCUT2D eigenvalue weighted by Crippen LogP contribution is -2.25. The molecule has 1 atom stereocenters. The standard InChI is InChI=1S/C21H18FNO3/c1-21(2)16(13-5-3-12(11-24)4-6-13)10-18(26-21)19-15-9-14(22)7-8-17(15)23-20(19)25/h3-9,11,16H,10H2,1-2H3,(H,23,25)/b19-18+. The second kappa shape index (κ2) is 5.80. The Bertz CT molecular complexity index is 944. The van der Waals surface area contributed by atoms with Gasteiger partial charge in [-0.1, -0.05) is 24.3 Å². The molecule has 0 saturated carbocycles. The molecule has 1 saturated heterocycles. The van der Waals surface area contributed by atoms with E-state index in [0.29, 0.717) is 34.6 Å². The van der Waals surface area contributed by atoms with E-state index >= 15 is 0 Å². The topological polar surface area (TPSA) is 55.4 Å². The Morgan fingerprint density at radius 1 is 1.19 bits per heavy atom. The molecular formula is C21H18FNO3. The van der Waals surface area contributed by atoms with Gasteiger partial charge in [-0.2, -0.15) is 0 Å². The smallest absolute Gasteiger partial charge is 0.259 e. The average molecular weight is 351 g/mol. The number of hydrogen-bond acceptors (Lipinski definition) is 3. The number of allylic oxidation sites excluding steroid dienone is 1. The highest BCUT2D eigenvalue weighted by atomic mass is 19.1. The van der Waals surface area contributed by atoms with E-state index in [1.165, 1.54) is 12.1 Å². The Balaban J connectivity index is 1.76. The Morgan fingerprint density at radius 2 is 1.92 bits per heavy atom. The lowest BCUT2D eigenvalue weighted by molar-refractivity contribution is -0.111. The molecule has 0 spiro atoms. The van der Waals surface area contributed by atoms with Gasteiger partial charge in [-0.3, -0.25) is 9.59 Å². The highest BCUT2D eigenvalue weighted by Crippen LogP contribution is 2.48. The van der Waals surface area contributed by atoms with E-state index < -0.39 is 11.4 Å². The fraction of sp³-hybridized carbons (Fsp3) is 0.238. The molecular weight excluding hydrogens is 333 g/mol. The van der Waals surface area contributed by atoms with Crippen LogP contribution in [0.2, 0.25) is 0 Å². The molecule has 2 aromatic rings. The predicted molar refractivity (Wildman–Crippen MR) is 96.3 cm³/mol. The van der Waals surface area contributed by atoms with Gasteiger partial charge in [0, 0.05) is 29.2 Å². The number of nitrogens with one attached hydrogen (secondary N) is 1. The molecule has 2 aliphatic heterocycles. The van der Waals surface area contributed by atoms with Crippen LogP contribution in [0.15, 0.2) is 48.2 Å². The molecule has 1 fully saturated rings. The Morgan fingerprint density at radius 3 is 2.62 bits per heavy atom. The molecule has 4 rings (SSSR count). The zero-order valence-electron chi connectivity index (χ0n) is 14.5. The van der Waals surface area contributed by atoms with E-state index in [4.69, 9.17) is 4.74 Å². The van der Waals surface area contributed by atoms with Crippen LogP contribution in [0, 0.1) is 5.82 Å². The minimum absolute atomic E-state index is 0.0242. The van der Waals surface area contributed by atoms with Crippen molar-refractivity contribution in [2.45, 2.75) is 31.8 Å². The molecule has 1 unspecified atom stereocenters. The molecule has 2 heterocycles. The van der Waals surface area contributed by atoms with Crippen LogP contribution in [0.5, 0.6) is 0 Å². The fourth-order valence-corrected chi connectivity index (χ4v) is 3.76. The molecule has 1 amide bonds. The van der Waals surface area contributed by atoms with Crippen molar-refractivity contribution in [2.24, 2.45) is 0 Å². The maximum Gasteiger partial charge on any atom is 0.259 e. The average Bonchev–Trinajstić information content (AvgIpc) is 3.09. The molecule has 26 heavy (non-hydrogen) atoms. The summed E-state index contributed by atoms with van der Waals surface area (Å²) in [6.45, 7) is 3.94. The van der Waals surface area contributed by atoms with Crippen LogP contribution in [-0.2, 0) is 9.53 Å². The highest BCUT2D eigenvalue weighted by molar-refractivity contribution is 6.32. The summed E-state index contributed by atoms with van der Waals surface area (Å²) in [4.78, 5) is 23.3. The molecule has 0 aromatic heterocycles. The maximum absolute atomic E-state index is 13.7. The summed E-state index contributed by atoms with van der Waals surface area (Å²) in [6, 6.07) is 11.6. The van der Waals surface area contributed by atoms with Gasteiger partial charge in [0.15, 0.2) is 0 Å². The quantitative estimate of drug-likeness (QED) is 0.649. The third-order valence-corrected chi connectivity index (χ3v) is 5.09. The monoisotopic (exact) mass is 351 g/mol. The summed E-state index contributed by atoms with van der Waals surface area (Å²) in [5, 5.41) is 2.77. The molecule has 5 heteroatoms. The number of hydrogen-bond donors (Lipinski definition) is 1. The van der Waals surface area contributed by atoms with Crippen LogP contribution in [0.3, 0.4) is 0 Å². The van der Waals surface area contributed by atoms with Crippen molar-refractivity contribution < 1.29 is 18.7 Å². The van der Waals surface area contributed by atoms with Gasteiger partial charge in [-0.25, -0.2) is 4.39 Å². The molecule has 1 N–H and O–H groups in total. The Labute approximate surface area is 150 Å². The van der Waals surface area contributed by atoms with E-state index in [1.54, 1.807) is 18.2 Å². The zero-order chi connectivity index (χ0) is 18.5.